The van der Waals surface area contributed by atoms with Gasteiger partial charge in [-0.2, -0.15) is 4.99 Å². The first kappa shape index (κ1) is 18.5. The van der Waals surface area contributed by atoms with Gasteiger partial charge in [-0.15, -0.1) is 0 Å². The fourth-order valence-electron chi connectivity index (χ4n) is 2.58. The fourth-order valence-corrected chi connectivity index (χ4v) is 3.66. The van der Waals surface area contributed by atoms with Gasteiger partial charge in [0.25, 0.3) is 0 Å². The minimum absolute atomic E-state index is 0.120. The van der Waals surface area contributed by atoms with E-state index in [1.807, 2.05) is 36.6 Å². The van der Waals surface area contributed by atoms with Crippen LogP contribution < -0.4 is 9.54 Å². The summed E-state index contributed by atoms with van der Waals surface area (Å²) in [5.41, 5.74) is 0.917. The van der Waals surface area contributed by atoms with Crippen molar-refractivity contribution < 1.29 is 23.7 Å². The number of carbonyl (C=O) groups is 1. The molecule has 26 heavy (non-hydrogen) atoms. The summed E-state index contributed by atoms with van der Waals surface area (Å²) in [4.78, 5) is 17.3. The number of nitrogens with zero attached hydrogens (tertiary/aromatic N) is 2. The van der Waals surface area contributed by atoms with Crippen LogP contribution in [0.4, 0.5) is 0 Å². The Kier molecular flexibility index (Phi) is 6.30. The van der Waals surface area contributed by atoms with Crippen LogP contribution in [0.1, 0.15) is 13.8 Å². The van der Waals surface area contributed by atoms with E-state index in [0.717, 1.165) is 16.0 Å². The molecule has 1 aromatic carbocycles. The Labute approximate surface area is 155 Å². The maximum Gasteiger partial charge on any atom is 0.317 e. The van der Waals surface area contributed by atoms with Crippen molar-refractivity contribution in [3.63, 3.8) is 0 Å². The van der Waals surface area contributed by atoms with Crippen LogP contribution in [-0.2, 0) is 25.5 Å². The molecule has 1 aliphatic rings. The van der Waals surface area contributed by atoms with Gasteiger partial charge in [0, 0.05) is 13.2 Å². The van der Waals surface area contributed by atoms with Gasteiger partial charge in [0.05, 0.1) is 17.9 Å². The lowest BCUT2D eigenvalue weighted by Crippen LogP contribution is -2.22. The second kappa shape index (κ2) is 8.86. The van der Waals surface area contributed by atoms with E-state index in [9.17, 15) is 4.79 Å². The fraction of sp³-hybridized carbons (Fsp3) is 0.444. The van der Waals surface area contributed by atoms with Crippen LogP contribution in [-0.4, -0.2) is 43.5 Å². The summed E-state index contributed by atoms with van der Waals surface area (Å²) in [7, 11) is 0. The number of fused-ring (bicyclic) bond motifs is 1. The highest BCUT2D eigenvalue weighted by molar-refractivity contribution is 7.16. The third-order valence-corrected chi connectivity index (χ3v) is 4.73. The predicted molar refractivity (Wildman–Crippen MR) is 98.0 cm³/mol. The van der Waals surface area contributed by atoms with E-state index in [2.05, 4.69) is 4.99 Å². The zero-order chi connectivity index (χ0) is 18.4. The number of rotatable bonds is 7. The highest BCUT2D eigenvalue weighted by Gasteiger charge is 2.17. The molecule has 3 rings (SSSR count). The highest BCUT2D eigenvalue weighted by Crippen LogP contribution is 2.27. The number of para-hydroxylation sites is 1. The Bertz CT molecular complexity index is 868. The highest BCUT2D eigenvalue weighted by atomic mass is 32.1. The van der Waals surface area contributed by atoms with Crippen molar-refractivity contribution in [2.24, 2.45) is 4.99 Å². The number of hydrogen-bond donors (Lipinski definition) is 0. The first-order chi connectivity index (χ1) is 12.7. The summed E-state index contributed by atoms with van der Waals surface area (Å²) >= 11 is 1.43. The molecule has 140 valence electrons. The van der Waals surface area contributed by atoms with E-state index in [-0.39, 0.29) is 5.76 Å². The zero-order valence-corrected chi connectivity index (χ0v) is 15.7. The maximum absolute atomic E-state index is 12.4. The summed E-state index contributed by atoms with van der Waals surface area (Å²) in [6.07, 6.45) is 1.32. The molecule has 0 N–H and O–H groups in total. The van der Waals surface area contributed by atoms with Gasteiger partial charge in [-0.3, -0.25) is 4.79 Å². The van der Waals surface area contributed by atoms with Crippen LogP contribution in [0.3, 0.4) is 0 Å². The largest absolute Gasteiger partial charge is 0.494 e. The molecule has 8 heteroatoms. The summed E-state index contributed by atoms with van der Waals surface area (Å²) in [5, 5.41) is 0. The summed E-state index contributed by atoms with van der Waals surface area (Å²) in [6.45, 7) is 6.95. The number of benzene rings is 1. The van der Waals surface area contributed by atoms with Crippen LogP contribution >= 0.6 is 11.3 Å². The Hall–Kier alpha value is -2.32. The number of aromatic nitrogens is 1. The third-order valence-electron chi connectivity index (χ3n) is 3.68. The first-order valence-electron chi connectivity index (χ1n) is 8.61. The van der Waals surface area contributed by atoms with E-state index in [1.165, 1.54) is 17.6 Å². The number of ether oxygens (including phenoxy) is 4. The smallest absolute Gasteiger partial charge is 0.317 e. The molecule has 2 aromatic rings. The van der Waals surface area contributed by atoms with Crippen molar-refractivity contribution in [1.29, 1.82) is 0 Å². The van der Waals surface area contributed by atoms with Crippen LogP contribution in [0.5, 0.6) is 5.75 Å². The van der Waals surface area contributed by atoms with Gasteiger partial charge in [-0.1, -0.05) is 17.4 Å². The van der Waals surface area contributed by atoms with Crippen molar-refractivity contribution in [2.75, 3.05) is 33.0 Å². The second-order valence-corrected chi connectivity index (χ2v) is 6.40. The lowest BCUT2D eigenvalue weighted by Gasteiger charge is -2.12. The average Bonchev–Trinajstić information content (AvgIpc) is 3.01. The lowest BCUT2D eigenvalue weighted by atomic mass is 10.3. The Morgan fingerprint density at radius 3 is 2.92 bits per heavy atom. The van der Waals surface area contributed by atoms with Crippen LogP contribution in [0.2, 0.25) is 0 Å². The number of amides is 1. The summed E-state index contributed by atoms with van der Waals surface area (Å²) in [6, 6.07) is 5.84. The molecule has 0 saturated heterocycles. The molecule has 7 nitrogen and oxygen atoms in total. The Morgan fingerprint density at radius 2 is 2.19 bits per heavy atom. The van der Waals surface area contributed by atoms with Crippen molar-refractivity contribution in [1.82, 2.24) is 4.57 Å². The van der Waals surface area contributed by atoms with E-state index in [1.54, 1.807) is 0 Å². The van der Waals surface area contributed by atoms with E-state index >= 15 is 0 Å². The number of carbonyl (C=O) groups excluding carboxylic acids is 1. The molecule has 1 aliphatic heterocycles. The van der Waals surface area contributed by atoms with Crippen molar-refractivity contribution in [2.45, 2.75) is 20.4 Å². The maximum atomic E-state index is 12.4. The Balaban J connectivity index is 2.06. The van der Waals surface area contributed by atoms with Crippen LogP contribution in [0.25, 0.3) is 10.2 Å². The van der Waals surface area contributed by atoms with E-state index < -0.39 is 5.91 Å². The van der Waals surface area contributed by atoms with Gasteiger partial charge >= 0.3 is 5.91 Å². The molecule has 2 heterocycles. The topological polar surface area (TPSA) is 71.3 Å². The van der Waals surface area contributed by atoms with E-state index in [4.69, 9.17) is 18.9 Å². The van der Waals surface area contributed by atoms with Crippen molar-refractivity contribution in [3.8, 4) is 5.75 Å². The summed E-state index contributed by atoms with van der Waals surface area (Å²) in [5.74, 6) is 0.428. The molecule has 0 unspecified atom stereocenters. The lowest BCUT2D eigenvalue weighted by molar-refractivity contribution is -0.119. The molecule has 0 radical (unpaired) electrons. The third kappa shape index (κ3) is 4.08. The molecule has 0 bridgehead atoms. The number of thiazole rings is 1. The minimum Gasteiger partial charge on any atom is -0.494 e. The zero-order valence-electron chi connectivity index (χ0n) is 14.9. The average molecular weight is 378 g/mol. The molecule has 0 saturated carbocycles. The van der Waals surface area contributed by atoms with Gasteiger partial charge in [0.1, 0.15) is 30.7 Å². The molecular formula is C18H22N2O5S. The molecule has 0 aliphatic carbocycles. The molecule has 1 amide bonds. The molecule has 0 atom stereocenters. The quantitative estimate of drug-likeness (QED) is 0.692. The van der Waals surface area contributed by atoms with Gasteiger partial charge in [-0.25, -0.2) is 0 Å². The molecule has 1 aromatic heterocycles. The van der Waals surface area contributed by atoms with Crippen molar-refractivity contribution >= 4 is 27.5 Å². The normalized spacial score (nSPS) is 14.7. The first-order valence-corrected chi connectivity index (χ1v) is 9.42. The van der Waals surface area contributed by atoms with Gasteiger partial charge in [0.15, 0.2) is 4.80 Å². The monoisotopic (exact) mass is 378 g/mol. The molecule has 0 fully saturated rings. The van der Waals surface area contributed by atoms with E-state index in [0.29, 0.717) is 44.4 Å². The molecular weight excluding hydrogens is 356 g/mol. The second-order valence-electron chi connectivity index (χ2n) is 5.39. The van der Waals surface area contributed by atoms with Gasteiger partial charge in [0.2, 0.25) is 5.76 Å². The minimum atomic E-state index is -0.459. The van der Waals surface area contributed by atoms with Crippen LogP contribution in [0.15, 0.2) is 35.2 Å². The van der Waals surface area contributed by atoms with Crippen LogP contribution in [0, 0.1) is 0 Å². The standard InChI is InChI=1S/C18H22N2O5S/c1-3-22-9-8-20-16-13(24-4-2)6-5-7-15(16)26-18(20)19-17(21)14-12-23-10-11-25-14/h5-7,12H,3-4,8-11H2,1-2H3. The SMILES string of the molecule is CCOCCn1c(=NC(=O)C2=COCCO2)sc2cccc(OCC)c21. The molecule has 0 spiro atoms. The predicted octanol–water partition coefficient (Wildman–Crippen LogP) is 2.45. The van der Waals surface area contributed by atoms with Crippen molar-refractivity contribution in [3.05, 3.63) is 35.0 Å². The van der Waals surface area contributed by atoms with Gasteiger partial charge in [-0.05, 0) is 26.0 Å². The Morgan fingerprint density at radius 1 is 1.31 bits per heavy atom. The number of hydrogen-bond acceptors (Lipinski definition) is 6. The summed E-state index contributed by atoms with van der Waals surface area (Å²) < 4.78 is 24.7. The van der Waals surface area contributed by atoms with Gasteiger partial charge < -0.3 is 23.5 Å².